The second-order valence-electron chi connectivity index (χ2n) is 6.78. The molecule has 1 aromatic rings. The lowest BCUT2D eigenvalue weighted by molar-refractivity contribution is -0.144. The fourth-order valence-corrected chi connectivity index (χ4v) is 2.81. The van der Waals surface area contributed by atoms with Gasteiger partial charge in [0.1, 0.15) is 17.5 Å². The van der Waals surface area contributed by atoms with Crippen LogP contribution >= 0.6 is 0 Å². The molecule has 1 heterocycles. The van der Waals surface area contributed by atoms with E-state index in [-0.39, 0.29) is 24.7 Å². The highest BCUT2D eigenvalue weighted by atomic mass is 19.1. The molecule has 0 spiro atoms. The van der Waals surface area contributed by atoms with Gasteiger partial charge in [-0.2, -0.15) is 0 Å². The van der Waals surface area contributed by atoms with Gasteiger partial charge in [0, 0.05) is 12.5 Å². The van der Waals surface area contributed by atoms with Crippen LogP contribution in [0.5, 0.6) is 0 Å². The minimum atomic E-state index is -1.07. The van der Waals surface area contributed by atoms with Crippen LogP contribution in [-0.4, -0.2) is 40.3 Å². The molecule has 1 aliphatic heterocycles. The molecule has 0 saturated carbocycles. The summed E-state index contributed by atoms with van der Waals surface area (Å²) in [5, 5.41) is 9.34. The highest BCUT2D eigenvalue weighted by Crippen LogP contribution is 2.32. The van der Waals surface area contributed by atoms with Crippen molar-refractivity contribution in [3.05, 3.63) is 35.6 Å². The van der Waals surface area contributed by atoms with Crippen molar-refractivity contribution in [1.29, 1.82) is 0 Å². The van der Waals surface area contributed by atoms with Gasteiger partial charge in [0.25, 0.3) is 0 Å². The SMILES string of the molecule is CC(C)(C)OC(=O)N1CC(c2ccccc2F)CCC1C(=O)O. The van der Waals surface area contributed by atoms with E-state index in [1.807, 2.05) is 0 Å². The molecule has 1 fully saturated rings. The molecular weight excluding hydrogens is 301 g/mol. The topological polar surface area (TPSA) is 66.8 Å². The summed E-state index contributed by atoms with van der Waals surface area (Å²) in [4.78, 5) is 25.0. The Labute approximate surface area is 135 Å². The second kappa shape index (κ2) is 6.56. The third-order valence-corrected chi connectivity index (χ3v) is 3.84. The van der Waals surface area contributed by atoms with E-state index in [9.17, 15) is 19.1 Å². The lowest BCUT2D eigenvalue weighted by atomic mass is 9.87. The monoisotopic (exact) mass is 323 g/mol. The number of halogens is 1. The van der Waals surface area contributed by atoms with Crippen molar-refractivity contribution in [2.45, 2.75) is 51.2 Å². The Morgan fingerprint density at radius 1 is 1.26 bits per heavy atom. The van der Waals surface area contributed by atoms with Crippen LogP contribution in [0.2, 0.25) is 0 Å². The number of carboxylic acids is 1. The van der Waals surface area contributed by atoms with E-state index in [0.29, 0.717) is 12.0 Å². The minimum absolute atomic E-state index is 0.132. The molecule has 0 aliphatic carbocycles. The maximum atomic E-state index is 14.0. The summed E-state index contributed by atoms with van der Waals surface area (Å²) in [7, 11) is 0. The first kappa shape index (κ1) is 17.2. The fraction of sp³-hybridized carbons (Fsp3) is 0.529. The molecule has 1 aromatic carbocycles. The van der Waals surface area contributed by atoms with E-state index < -0.39 is 23.7 Å². The largest absolute Gasteiger partial charge is 0.480 e. The minimum Gasteiger partial charge on any atom is -0.480 e. The molecular formula is C17H22FNO4. The fourth-order valence-electron chi connectivity index (χ4n) is 2.81. The summed E-state index contributed by atoms with van der Waals surface area (Å²) in [6.07, 6.45) is 0.107. The predicted molar refractivity (Wildman–Crippen MR) is 82.7 cm³/mol. The van der Waals surface area contributed by atoms with Crippen LogP contribution in [-0.2, 0) is 9.53 Å². The summed E-state index contributed by atoms with van der Waals surface area (Å²) in [6.45, 7) is 5.30. The normalized spacial score (nSPS) is 21.8. The van der Waals surface area contributed by atoms with Gasteiger partial charge in [-0.05, 0) is 45.2 Å². The number of carboxylic acid groups (broad SMARTS) is 1. The summed E-state index contributed by atoms with van der Waals surface area (Å²) in [5.74, 6) is -1.64. The maximum absolute atomic E-state index is 14.0. The van der Waals surface area contributed by atoms with Gasteiger partial charge in [0.2, 0.25) is 0 Å². The molecule has 2 rings (SSSR count). The zero-order chi connectivity index (χ0) is 17.2. The van der Waals surface area contributed by atoms with Crippen LogP contribution in [0.3, 0.4) is 0 Å². The number of piperidine rings is 1. The summed E-state index contributed by atoms with van der Waals surface area (Å²) >= 11 is 0. The number of nitrogens with zero attached hydrogens (tertiary/aromatic N) is 1. The van der Waals surface area contributed by atoms with Gasteiger partial charge in [-0.15, -0.1) is 0 Å². The van der Waals surface area contributed by atoms with Gasteiger partial charge in [0.05, 0.1) is 0 Å². The lowest BCUT2D eigenvalue weighted by Crippen LogP contribution is -2.51. The highest BCUT2D eigenvalue weighted by molar-refractivity contribution is 5.80. The molecule has 0 aromatic heterocycles. The zero-order valence-corrected chi connectivity index (χ0v) is 13.6. The molecule has 23 heavy (non-hydrogen) atoms. The smallest absolute Gasteiger partial charge is 0.411 e. The van der Waals surface area contributed by atoms with Crippen molar-refractivity contribution in [3.8, 4) is 0 Å². The average Bonchev–Trinajstić information content (AvgIpc) is 2.45. The Kier molecular flexibility index (Phi) is 4.92. The molecule has 0 radical (unpaired) electrons. The van der Waals surface area contributed by atoms with Crippen LogP contribution in [0.25, 0.3) is 0 Å². The molecule has 2 atom stereocenters. The van der Waals surface area contributed by atoms with E-state index in [2.05, 4.69) is 0 Å². The van der Waals surface area contributed by atoms with Gasteiger partial charge in [0.15, 0.2) is 0 Å². The van der Waals surface area contributed by atoms with Gasteiger partial charge in [-0.25, -0.2) is 14.0 Å². The van der Waals surface area contributed by atoms with Crippen LogP contribution < -0.4 is 0 Å². The molecule has 0 bridgehead atoms. The van der Waals surface area contributed by atoms with E-state index >= 15 is 0 Å². The van der Waals surface area contributed by atoms with Crippen LogP contribution in [0.15, 0.2) is 24.3 Å². The number of carbonyl (C=O) groups is 2. The number of ether oxygens (including phenoxy) is 1. The number of rotatable bonds is 2. The van der Waals surface area contributed by atoms with E-state index in [4.69, 9.17) is 4.74 Å². The molecule has 1 aliphatic rings. The quantitative estimate of drug-likeness (QED) is 0.906. The molecule has 126 valence electrons. The second-order valence-corrected chi connectivity index (χ2v) is 6.78. The third kappa shape index (κ3) is 4.21. The summed E-state index contributed by atoms with van der Waals surface area (Å²) in [5.41, 5.74) is -0.213. The number of hydrogen-bond donors (Lipinski definition) is 1. The Balaban J connectivity index is 2.23. The van der Waals surface area contributed by atoms with Crippen LogP contribution in [0.1, 0.15) is 45.1 Å². The number of carbonyl (C=O) groups excluding carboxylic acids is 1. The van der Waals surface area contributed by atoms with Crippen molar-refractivity contribution in [2.24, 2.45) is 0 Å². The van der Waals surface area contributed by atoms with Crippen LogP contribution in [0, 0.1) is 5.82 Å². The molecule has 1 saturated heterocycles. The molecule has 1 amide bonds. The summed E-state index contributed by atoms with van der Waals surface area (Å²) < 4.78 is 19.3. The van der Waals surface area contributed by atoms with Crippen molar-refractivity contribution >= 4 is 12.1 Å². The van der Waals surface area contributed by atoms with Crippen molar-refractivity contribution < 1.29 is 23.8 Å². The lowest BCUT2D eigenvalue weighted by Gasteiger charge is -2.38. The first-order valence-corrected chi connectivity index (χ1v) is 7.66. The van der Waals surface area contributed by atoms with Crippen molar-refractivity contribution in [1.82, 2.24) is 4.90 Å². The van der Waals surface area contributed by atoms with E-state index in [1.165, 1.54) is 11.0 Å². The number of aliphatic carboxylic acids is 1. The number of likely N-dealkylation sites (tertiary alicyclic amines) is 1. The predicted octanol–water partition coefficient (Wildman–Crippen LogP) is 3.39. The molecule has 1 N–H and O–H groups in total. The third-order valence-electron chi connectivity index (χ3n) is 3.84. The molecule has 5 nitrogen and oxygen atoms in total. The Bertz CT molecular complexity index is 597. The Morgan fingerprint density at radius 3 is 2.48 bits per heavy atom. The van der Waals surface area contributed by atoms with Crippen LogP contribution in [0.4, 0.5) is 9.18 Å². The van der Waals surface area contributed by atoms with Gasteiger partial charge in [-0.1, -0.05) is 18.2 Å². The Hall–Kier alpha value is -2.11. The number of hydrogen-bond acceptors (Lipinski definition) is 3. The van der Waals surface area contributed by atoms with Gasteiger partial charge >= 0.3 is 12.1 Å². The van der Waals surface area contributed by atoms with Crippen molar-refractivity contribution in [2.75, 3.05) is 6.54 Å². The zero-order valence-electron chi connectivity index (χ0n) is 13.6. The highest BCUT2D eigenvalue weighted by Gasteiger charge is 2.39. The van der Waals surface area contributed by atoms with Gasteiger partial charge < -0.3 is 9.84 Å². The first-order chi connectivity index (χ1) is 10.7. The number of amides is 1. The molecule has 6 heteroatoms. The number of benzene rings is 1. The maximum Gasteiger partial charge on any atom is 0.411 e. The molecule has 2 unspecified atom stereocenters. The average molecular weight is 323 g/mol. The van der Waals surface area contributed by atoms with E-state index in [1.54, 1.807) is 39.0 Å². The van der Waals surface area contributed by atoms with Crippen molar-refractivity contribution in [3.63, 3.8) is 0 Å². The standard InChI is InChI=1S/C17H22FNO4/c1-17(2,3)23-16(22)19-10-11(8-9-14(19)15(20)21)12-6-4-5-7-13(12)18/h4-7,11,14H,8-10H2,1-3H3,(H,20,21). The van der Waals surface area contributed by atoms with E-state index in [0.717, 1.165) is 0 Å². The summed E-state index contributed by atoms with van der Waals surface area (Å²) in [6, 6.07) is 5.45. The Morgan fingerprint density at radius 2 is 1.91 bits per heavy atom. The first-order valence-electron chi connectivity index (χ1n) is 7.66. The van der Waals surface area contributed by atoms with Gasteiger partial charge in [-0.3, -0.25) is 4.90 Å².